The van der Waals surface area contributed by atoms with Gasteiger partial charge in [0.1, 0.15) is 11.7 Å². The van der Waals surface area contributed by atoms with Crippen LogP contribution in [0.4, 0.5) is 11.5 Å². The van der Waals surface area contributed by atoms with E-state index in [1.54, 1.807) is 54.7 Å². The predicted molar refractivity (Wildman–Crippen MR) is 142 cm³/mol. The summed E-state index contributed by atoms with van der Waals surface area (Å²) in [6, 6.07) is 17.4. The number of para-hydroxylation sites is 1. The lowest BCUT2D eigenvalue weighted by Crippen LogP contribution is -2.33. The van der Waals surface area contributed by atoms with Crippen molar-refractivity contribution in [2.45, 2.75) is 32.1 Å². The van der Waals surface area contributed by atoms with Crippen LogP contribution in [0.25, 0.3) is 0 Å². The van der Waals surface area contributed by atoms with Crippen molar-refractivity contribution in [1.82, 2.24) is 9.88 Å². The van der Waals surface area contributed by atoms with E-state index in [9.17, 15) is 9.59 Å². The summed E-state index contributed by atoms with van der Waals surface area (Å²) < 4.78 is 0.811. The van der Waals surface area contributed by atoms with E-state index in [1.807, 2.05) is 12.1 Å². The topological polar surface area (TPSA) is 98.2 Å². The van der Waals surface area contributed by atoms with E-state index < -0.39 is 0 Å². The molecule has 180 valence electrons. The summed E-state index contributed by atoms with van der Waals surface area (Å²) in [6.45, 7) is 1.80. The van der Waals surface area contributed by atoms with Gasteiger partial charge in [0.25, 0.3) is 11.8 Å². The number of anilines is 2. The van der Waals surface area contributed by atoms with E-state index in [2.05, 4.69) is 36.4 Å². The van der Waals surface area contributed by atoms with Crippen LogP contribution in [-0.2, 0) is 0 Å². The molecule has 1 aromatic heterocycles. The number of halogens is 1. The average Bonchev–Trinajstić information content (AvgIpc) is 2.85. The van der Waals surface area contributed by atoms with Gasteiger partial charge in [-0.25, -0.2) is 4.98 Å². The maximum absolute atomic E-state index is 12.9. The van der Waals surface area contributed by atoms with Gasteiger partial charge in [-0.15, -0.1) is 0 Å². The van der Waals surface area contributed by atoms with Gasteiger partial charge in [-0.05, 0) is 65.2 Å². The molecule has 3 N–H and O–H groups in total. The summed E-state index contributed by atoms with van der Waals surface area (Å²) in [7, 11) is 0. The smallest absolute Gasteiger partial charge is 0.258 e. The Balaban J connectivity index is 1.43. The van der Waals surface area contributed by atoms with Gasteiger partial charge in [-0.3, -0.25) is 15.0 Å². The summed E-state index contributed by atoms with van der Waals surface area (Å²) in [5.74, 6) is 0.226. The van der Waals surface area contributed by atoms with Crippen LogP contribution in [-0.4, -0.2) is 40.6 Å². The summed E-state index contributed by atoms with van der Waals surface area (Å²) in [5.41, 5.74) is 1.99. The number of pyridine rings is 1. The highest BCUT2D eigenvalue weighted by Gasteiger charge is 2.17. The van der Waals surface area contributed by atoms with Crippen LogP contribution in [0, 0.1) is 5.41 Å². The fourth-order valence-electron chi connectivity index (χ4n) is 4.05. The number of nitrogens with one attached hydrogen (secondary N) is 3. The third-order valence-corrected chi connectivity index (χ3v) is 6.45. The van der Waals surface area contributed by atoms with Crippen molar-refractivity contribution in [2.24, 2.45) is 0 Å². The number of carbonyl (C=O) groups is 2. The Morgan fingerprint density at radius 2 is 1.46 bits per heavy atom. The first-order chi connectivity index (χ1) is 17.0. The number of likely N-dealkylation sites (tertiary alicyclic amines) is 1. The number of hydrogen-bond acceptors (Lipinski definition) is 4. The zero-order valence-electron chi connectivity index (χ0n) is 19.4. The number of amides is 2. The van der Waals surface area contributed by atoms with Gasteiger partial charge in [-0.2, -0.15) is 0 Å². The van der Waals surface area contributed by atoms with Crippen LogP contribution in [0.2, 0.25) is 0 Å². The first kappa shape index (κ1) is 24.6. The molecule has 1 saturated heterocycles. The predicted octanol–water partition coefficient (Wildman–Crippen LogP) is 5.94. The summed E-state index contributed by atoms with van der Waals surface area (Å²) >= 11 is 3.32. The van der Waals surface area contributed by atoms with Crippen LogP contribution in [0.3, 0.4) is 0 Å². The molecule has 3 aromatic rings. The third kappa shape index (κ3) is 6.54. The molecule has 0 bridgehead atoms. The van der Waals surface area contributed by atoms with Crippen molar-refractivity contribution in [1.29, 1.82) is 5.41 Å². The van der Waals surface area contributed by atoms with Gasteiger partial charge in [0.05, 0.1) is 11.3 Å². The highest BCUT2D eigenvalue weighted by Crippen LogP contribution is 2.20. The molecule has 8 heteroatoms. The Morgan fingerprint density at radius 3 is 2.14 bits per heavy atom. The van der Waals surface area contributed by atoms with Gasteiger partial charge in [0, 0.05) is 34.9 Å². The molecule has 7 nitrogen and oxygen atoms in total. The molecule has 0 atom stereocenters. The van der Waals surface area contributed by atoms with E-state index >= 15 is 0 Å². The lowest BCUT2D eigenvalue weighted by Gasteiger charge is -2.27. The summed E-state index contributed by atoms with van der Waals surface area (Å²) in [5, 5.41) is 14.2. The van der Waals surface area contributed by atoms with Crippen molar-refractivity contribution in [3.8, 4) is 0 Å². The molecule has 1 aliphatic heterocycles. The molecular formula is C27H28BrN5O2. The summed E-state index contributed by atoms with van der Waals surface area (Å²) in [4.78, 5) is 32.0. The van der Waals surface area contributed by atoms with Crippen LogP contribution in [0.5, 0.6) is 0 Å². The maximum Gasteiger partial charge on any atom is 0.258 e. The molecule has 2 amide bonds. The zero-order valence-corrected chi connectivity index (χ0v) is 21.0. The Labute approximate surface area is 213 Å². The van der Waals surface area contributed by atoms with Crippen LogP contribution < -0.4 is 10.6 Å². The van der Waals surface area contributed by atoms with Crippen molar-refractivity contribution in [2.75, 3.05) is 23.7 Å². The molecule has 2 aromatic carbocycles. The van der Waals surface area contributed by atoms with Gasteiger partial charge < -0.3 is 15.5 Å². The first-order valence-corrected chi connectivity index (χ1v) is 12.6. The molecule has 0 unspecified atom stereocenters. The van der Waals surface area contributed by atoms with E-state index in [-0.39, 0.29) is 11.8 Å². The number of rotatable bonds is 5. The van der Waals surface area contributed by atoms with Crippen molar-refractivity contribution < 1.29 is 9.59 Å². The zero-order chi connectivity index (χ0) is 24.6. The third-order valence-electron chi connectivity index (χ3n) is 5.98. The molecule has 2 heterocycles. The van der Waals surface area contributed by atoms with Crippen molar-refractivity contribution in [3.05, 3.63) is 88.0 Å². The highest BCUT2D eigenvalue weighted by atomic mass is 79.9. The normalized spacial score (nSPS) is 13.9. The van der Waals surface area contributed by atoms with Gasteiger partial charge in [0.2, 0.25) is 0 Å². The number of nitrogens with zero attached hydrogens (tertiary/aromatic N) is 2. The Morgan fingerprint density at radius 1 is 0.800 bits per heavy atom. The molecule has 35 heavy (non-hydrogen) atoms. The molecular weight excluding hydrogens is 506 g/mol. The molecule has 1 fully saturated rings. The SMILES string of the molecule is N=C(c1ccc(C(=O)Nc2ccccc2C(=O)Nc2ccc(Br)cn2)cc1)N1CCCCCCC1. The van der Waals surface area contributed by atoms with Crippen LogP contribution >= 0.6 is 15.9 Å². The number of benzene rings is 2. The van der Waals surface area contributed by atoms with Crippen molar-refractivity contribution in [3.63, 3.8) is 0 Å². The second-order valence-electron chi connectivity index (χ2n) is 8.50. The standard InChI is InChI=1S/C27H28BrN5O2/c28-21-14-15-24(30-18-21)32-27(35)22-8-4-5-9-23(22)31-26(34)20-12-10-19(11-13-20)25(29)33-16-6-2-1-3-7-17-33/h4-5,8-15,18,29H,1-3,6-7,16-17H2,(H,31,34)(H,30,32,35). The van der Waals surface area contributed by atoms with E-state index in [0.29, 0.717) is 28.5 Å². The molecule has 4 rings (SSSR count). The molecule has 0 spiro atoms. The molecule has 0 radical (unpaired) electrons. The van der Waals surface area contributed by atoms with Gasteiger partial charge in [0.15, 0.2) is 0 Å². The Bertz CT molecular complexity index is 1190. The Hall–Kier alpha value is -3.52. The summed E-state index contributed by atoms with van der Waals surface area (Å²) in [6.07, 6.45) is 7.50. The van der Waals surface area contributed by atoms with Crippen LogP contribution in [0.1, 0.15) is 58.4 Å². The van der Waals surface area contributed by atoms with Crippen molar-refractivity contribution >= 4 is 45.1 Å². The van der Waals surface area contributed by atoms with E-state index in [0.717, 1.165) is 36.0 Å². The largest absolute Gasteiger partial charge is 0.357 e. The van der Waals surface area contributed by atoms with Crippen LogP contribution in [0.15, 0.2) is 71.3 Å². The highest BCUT2D eigenvalue weighted by molar-refractivity contribution is 9.10. The monoisotopic (exact) mass is 533 g/mol. The first-order valence-electron chi connectivity index (χ1n) is 11.8. The number of amidine groups is 1. The maximum atomic E-state index is 12.9. The number of carbonyl (C=O) groups excluding carboxylic acids is 2. The number of hydrogen-bond donors (Lipinski definition) is 3. The van der Waals surface area contributed by atoms with Gasteiger partial charge >= 0.3 is 0 Å². The molecule has 1 aliphatic rings. The van der Waals surface area contributed by atoms with E-state index in [1.165, 1.54) is 19.3 Å². The van der Waals surface area contributed by atoms with E-state index in [4.69, 9.17) is 5.41 Å². The number of aromatic nitrogens is 1. The molecule has 0 saturated carbocycles. The minimum Gasteiger partial charge on any atom is -0.357 e. The second kappa shape index (κ2) is 11.8. The molecule has 0 aliphatic carbocycles. The van der Waals surface area contributed by atoms with Gasteiger partial charge in [-0.1, -0.05) is 43.5 Å². The lowest BCUT2D eigenvalue weighted by molar-refractivity contribution is 0.102. The average molecular weight is 534 g/mol. The fourth-order valence-corrected chi connectivity index (χ4v) is 4.29. The quantitative estimate of drug-likeness (QED) is 0.279. The minimum absolute atomic E-state index is 0.323. The Kier molecular flexibility index (Phi) is 8.26. The fraction of sp³-hybridized carbons (Fsp3) is 0.259. The second-order valence-corrected chi connectivity index (χ2v) is 9.41. The lowest BCUT2D eigenvalue weighted by atomic mass is 10.1. The minimum atomic E-state index is -0.368.